The third kappa shape index (κ3) is 3.49. The standard InChI is InChI=1S/C12H17F2NO2S/c1-3-5-15(6-4-2)18(16,17)12-8-10(13)7-11(14)9-12/h7-9H,3-6H2,1-2H3. The number of benzene rings is 1. The van der Waals surface area contributed by atoms with Crippen molar-refractivity contribution >= 4 is 10.0 Å². The molecule has 0 aliphatic heterocycles. The van der Waals surface area contributed by atoms with Crippen molar-refractivity contribution in [3.8, 4) is 0 Å². The van der Waals surface area contributed by atoms with E-state index >= 15 is 0 Å². The molecule has 1 aromatic rings. The van der Waals surface area contributed by atoms with E-state index < -0.39 is 21.7 Å². The highest BCUT2D eigenvalue weighted by Gasteiger charge is 2.24. The fourth-order valence-electron chi connectivity index (χ4n) is 1.68. The number of sulfonamides is 1. The molecule has 3 nitrogen and oxygen atoms in total. The lowest BCUT2D eigenvalue weighted by atomic mass is 10.3. The van der Waals surface area contributed by atoms with Crippen LogP contribution in [0.5, 0.6) is 0 Å². The van der Waals surface area contributed by atoms with Gasteiger partial charge in [-0.05, 0) is 25.0 Å². The lowest BCUT2D eigenvalue weighted by Gasteiger charge is -2.21. The van der Waals surface area contributed by atoms with Crippen molar-refractivity contribution in [3.05, 3.63) is 29.8 Å². The van der Waals surface area contributed by atoms with E-state index in [9.17, 15) is 17.2 Å². The van der Waals surface area contributed by atoms with E-state index in [1.807, 2.05) is 13.8 Å². The van der Waals surface area contributed by atoms with Gasteiger partial charge in [-0.3, -0.25) is 0 Å². The van der Waals surface area contributed by atoms with Crippen molar-refractivity contribution in [2.24, 2.45) is 0 Å². The van der Waals surface area contributed by atoms with Crippen LogP contribution >= 0.6 is 0 Å². The normalized spacial score (nSPS) is 12.1. The van der Waals surface area contributed by atoms with Gasteiger partial charge in [-0.15, -0.1) is 0 Å². The average molecular weight is 277 g/mol. The van der Waals surface area contributed by atoms with Gasteiger partial charge in [0, 0.05) is 19.2 Å². The van der Waals surface area contributed by atoms with Gasteiger partial charge in [0.05, 0.1) is 4.90 Å². The Morgan fingerprint density at radius 2 is 1.44 bits per heavy atom. The second-order valence-corrected chi connectivity index (χ2v) is 5.95. The molecule has 1 aromatic carbocycles. The predicted octanol–water partition coefficient (Wildman–Crippen LogP) is 2.78. The SMILES string of the molecule is CCCN(CCC)S(=O)(=O)c1cc(F)cc(F)c1. The second-order valence-electron chi connectivity index (χ2n) is 4.01. The van der Waals surface area contributed by atoms with Crippen molar-refractivity contribution in [3.63, 3.8) is 0 Å². The number of hydrogen-bond acceptors (Lipinski definition) is 2. The largest absolute Gasteiger partial charge is 0.243 e. The molecule has 102 valence electrons. The number of nitrogens with zero attached hydrogens (tertiary/aromatic N) is 1. The summed E-state index contributed by atoms with van der Waals surface area (Å²) in [5.41, 5.74) is 0. The van der Waals surface area contributed by atoms with Crippen molar-refractivity contribution < 1.29 is 17.2 Å². The molecule has 0 bridgehead atoms. The molecule has 0 spiro atoms. The maximum atomic E-state index is 13.1. The van der Waals surface area contributed by atoms with Gasteiger partial charge in [0.2, 0.25) is 10.0 Å². The number of rotatable bonds is 6. The fraction of sp³-hybridized carbons (Fsp3) is 0.500. The minimum atomic E-state index is -3.82. The average Bonchev–Trinajstić information content (AvgIpc) is 2.27. The minimum absolute atomic E-state index is 0.332. The van der Waals surface area contributed by atoms with Crippen LogP contribution in [0.3, 0.4) is 0 Å². The van der Waals surface area contributed by atoms with Gasteiger partial charge in [-0.25, -0.2) is 17.2 Å². The molecule has 0 amide bonds. The number of halogens is 2. The van der Waals surface area contributed by atoms with E-state index in [1.165, 1.54) is 4.31 Å². The molecule has 1 rings (SSSR count). The molecule has 0 unspecified atom stereocenters. The summed E-state index contributed by atoms with van der Waals surface area (Å²) in [5.74, 6) is -1.77. The van der Waals surface area contributed by atoms with Crippen LogP contribution in [0.25, 0.3) is 0 Å². The van der Waals surface area contributed by atoms with E-state index in [4.69, 9.17) is 0 Å². The van der Waals surface area contributed by atoms with Crippen LogP contribution in [-0.2, 0) is 10.0 Å². The first kappa shape index (κ1) is 15.0. The Hall–Kier alpha value is -1.01. The van der Waals surface area contributed by atoms with Gasteiger partial charge in [-0.1, -0.05) is 13.8 Å². The maximum Gasteiger partial charge on any atom is 0.243 e. The summed E-state index contributed by atoms with van der Waals surface area (Å²) < 4.78 is 51.8. The molecule has 0 fully saturated rings. The minimum Gasteiger partial charge on any atom is -0.207 e. The quantitative estimate of drug-likeness (QED) is 0.802. The molecule has 0 atom stereocenters. The second kappa shape index (κ2) is 6.24. The smallest absolute Gasteiger partial charge is 0.207 e. The molecule has 0 N–H and O–H groups in total. The summed E-state index contributed by atoms with van der Waals surface area (Å²) in [7, 11) is -3.82. The van der Waals surface area contributed by atoms with Crippen LogP contribution < -0.4 is 0 Å². The van der Waals surface area contributed by atoms with Gasteiger partial charge in [0.25, 0.3) is 0 Å². The zero-order chi connectivity index (χ0) is 13.8. The Kier molecular flexibility index (Phi) is 5.22. The summed E-state index contributed by atoms with van der Waals surface area (Å²) in [4.78, 5) is -0.332. The topological polar surface area (TPSA) is 37.4 Å². The molecular weight excluding hydrogens is 260 g/mol. The van der Waals surface area contributed by atoms with Crippen LogP contribution in [0.2, 0.25) is 0 Å². The first-order valence-electron chi connectivity index (χ1n) is 5.88. The molecule has 0 saturated heterocycles. The van der Waals surface area contributed by atoms with Crippen LogP contribution in [-0.4, -0.2) is 25.8 Å². The molecule has 0 radical (unpaired) electrons. The van der Waals surface area contributed by atoms with E-state index in [0.29, 0.717) is 32.0 Å². The zero-order valence-corrected chi connectivity index (χ0v) is 11.3. The highest BCUT2D eigenvalue weighted by Crippen LogP contribution is 2.19. The third-order valence-electron chi connectivity index (χ3n) is 2.42. The van der Waals surface area contributed by atoms with Crippen molar-refractivity contribution in [1.29, 1.82) is 0 Å². The van der Waals surface area contributed by atoms with Crippen LogP contribution in [0.1, 0.15) is 26.7 Å². The van der Waals surface area contributed by atoms with E-state index in [1.54, 1.807) is 0 Å². The van der Waals surface area contributed by atoms with E-state index in [0.717, 1.165) is 12.1 Å². The lowest BCUT2D eigenvalue weighted by molar-refractivity contribution is 0.409. The Balaban J connectivity index is 3.17. The van der Waals surface area contributed by atoms with Gasteiger partial charge in [0.15, 0.2) is 0 Å². The van der Waals surface area contributed by atoms with E-state index in [2.05, 4.69) is 0 Å². The predicted molar refractivity (Wildman–Crippen MR) is 65.7 cm³/mol. The van der Waals surface area contributed by atoms with Gasteiger partial charge < -0.3 is 0 Å². The zero-order valence-electron chi connectivity index (χ0n) is 10.5. The summed E-state index contributed by atoms with van der Waals surface area (Å²) in [6.07, 6.45) is 1.30. The summed E-state index contributed by atoms with van der Waals surface area (Å²) >= 11 is 0. The van der Waals surface area contributed by atoms with Crippen molar-refractivity contribution in [2.75, 3.05) is 13.1 Å². The highest BCUT2D eigenvalue weighted by atomic mass is 32.2. The molecular formula is C12H17F2NO2S. The molecule has 0 heterocycles. The summed E-state index contributed by atoms with van der Waals surface area (Å²) in [6.45, 7) is 4.39. The Labute approximate surface area is 106 Å². The first-order valence-corrected chi connectivity index (χ1v) is 7.32. The van der Waals surface area contributed by atoms with Crippen molar-refractivity contribution in [1.82, 2.24) is 4.31 Å². The lowest BCUT2D eigenvalue weighted by Crippen LogP contribution is -2.32. The summed E-state index contributed by atoms with van der Waals surface area (Å²) in [6, 6.07) is 2.34. The maximum absolute atomic E-state index is 13.1. The highest BCUT2D eigenvalue weighted by molar-refractivity contribution is 7.89. The Bertz CT molecular complexity index is 477. The van der Waals surface area contributed by atoms with Gasteiger partial charge >= 0.3 is 0 Å². The molecule has 0 aliphatic carbocycles. The molecule has 0 aromatic heterocycles. The van der Waals surface area contributed by atoms with Crippen molar-refractivity contribution in [2.45, 2.75) is 31.6 Å². The van der Waals surface area contributed by atoms with Crippen LogP contribution in [0.15, 0.2) is 23.1 Å². The Morgan fingerprint density at radius 1 is 1.00 bits per heavy atom. The third-order valence-corrected chi connectivity index (χ3v) is 4.30. The fourth-order valence-corrected chi connectivity index (χ4v) is 3.34. The molecule has 0 saturated carbocycles. The first-order chi connectivity index (χ1) is 8.41. The van der Waals surface area contributed by atoms with Crippen LogP contribution in [0, 0.1) is 11.6 Å². The van der Waals surface area contributed by atoms with E-state index in [-0.39, 0.29) is 4.90 Å². The Morgan fingerprint density at radius 3 is 1.83 bits per heavy atom. The monoisotopic (exact) mass is 277 g/mol. The van der Waals surface area contributed by atoms with Gasteiger partial charge in [0.1, 0.15) is 11.6 Å². The number of hydrogen-bond donors (Lipinski definition) is 0. The van der Waals surface area contributed by atoms with Gasteiger partial charge in [-0.2, -0.15) is 4.31 Å². The molecule has 18 heavy (non-hydrogen) atoms. The van der Waals surface area contributed by atoms with Crippen LogP contribution in [0.4, 0.5) is 8.78 Å². The molecule has 6 heteroatoms. The molecule has 0 aliphatic rings. The summed E-state index contributed by atoms with van der Waals surface area (Å²) in [5, 5.41) is 0.